The molecule has 0 amide bonds. The summed E-state index contributed by atoms with van der Waals surface area (Å²) in [5.41, 5.74) is 2.25. The van der Waals surface area contributed by atoms with Crippen molar-refractivity contribution < 1.29 is 22.0 Å². The van der Waals surface area contributed by atoms with Crippen molar-refractivity contribution in [1.29, 1.82) is 0 Å². The lowest BCUT2D eigenvalue weighted by atomic mass is 10.1. The van der Waals surface area contributed by atoms with Crippen molar-refractivity contribution in [2.75, 3.05) is 0 Å². The minimum absolute atomic E-state index is 0.494. The first kappa shape index (κ1) is 13.1. The second-order valence-electron chi connectivity index (χ2n) is 2.85. The molecule has 8 heteroatoms. The van der Waals surface area contributed by atoms with Gasteiger partial charge in [0.2, 0.25) is 0 Å². The van der Waals surface area contributed by atoms with E-state index in [4.69, 9.17) is 17.3 Å². The van der Waals surface area contributed by atoms with Gasteiger partial charge in [0, 0.05) is 6.54 Å². The fraction of sp³-hybridized carbons (Fsp3) is 0.375. The first-order chi connectivity index (χ1) is 7.27. The zero-order valence-corrected chi connectivity index (χ0v) is 8.41. The summed E-state index contributed by atoms with van der Waals surface area (Å²) in [5, 5.41) is -0.821. The van der Waals surface area contributed by atoms with Gasteiger partial charge in [0.15, 0.2) is 0 Å². The van der Waals surface area contributed by atoms with Crippen LogP contribution in [-0.4, -0.2) is 4.98 Å². The van der Waals surface area contributed by atoms with E-state index in [-0.39, 0.29) is 0 Å². The van der Waals surface area contributed by atoms with Crippen LogP contribution in [-0.2, 0) is 12.7 Å². The number of aromatic nitrogens is 1. The third-order valence-corrected chi connectivity index (χ3v) is 2.06. The van der Waals surface area contributed by atoms with Crippen LogP contribution in [0, 0.1) is 0 Å². The molecule has 90 valence electrons. The second-order valence-corrected chi connectivity index (χ2v) is 3.26. The Bertz CT molecular complexity index is 391. The lowest BCUT2D eigenvalue weighted by molar-refractivity contribution is -0.138. The van der Waals surface area contributed by atoms with Crippen LogP contribution < -0.4 is 5.73 Å². The van der Waals surface area contributed by atoms with E-state index < -0.39 is 41.1 Å². The monoisotopic (exact) mass is 260 g/mol. The van der Waals surface area contributed by atoms with E-state index in [9.17, 15) is 22.0 Å². The number of nitrogens with two attached hydrogens (primary N) is 1. The van der Waals surface area contributed by atoms with Crippen LogP contribution in [0.3, 0.4) is 0 Å². The predicted molar refractivity (Wildman–Crippen MR) is 47.1 cm³/mol. The molecule has 0 aromatic carbocycles. The van der Waals surface area contributed by atoms with Crippen molar-refractivity contribution in [2.45, 2.75) is 19.1 Å². The fourth-order valence-corrected chi connectivity index (χ4v) is 1.47. The van der Waals surface area contributed by atoms with Crippen LogP contribution in [0.4, 0.5) is 22.0 Å². The summed E-state index contributed by atoms with van der Waals surface area (Å²) in [4.78, 5) is 3.14. The third-order valence-electron chi connectivity index (χ3n) is 1.77. The quantitative estimate of drug-likeness (QED) is 0.830. The maximum absolute atomic E-state index is 12.5. The van der Waals surface area contributed by atoms with Gasteiger partial charge in [-0.1, -0.05) is 11.6 Å². The van der Waals surface area contributed by atoms with Gasteiger partial charge in [0.1, 0.15) is 5.69 Å². The lowest BCUT2D eigenvalue weighted by Crippen LogP contribution is -2.16. The maximum Gasteiger partial charge on any atom is 0.419 e. The topological polar surface area (TPSA) is 38.9 Å². The van der Waals surface area contributed by atoms with Gasteiger partial charge in [-0.3, -0.25) is 0 Å². The van der Waals surface area contributed by atoms with Gasteiger partial charge in [-0.05, 0) is 6.07 Å². The molecule has 1 aromatic heterocycles. The maximum atomic E-state index is 12.5. The zero-order valence-electron chi connectivity index (χ0n) is 7.65. The summed E-state index contributed by atoms with van der Waals surface area (Å²) in [6, 6.07) is 0.494. The van der Waals surface area contributed by atoms with Crippen molar-refractivity contribution in [3.63, 3.8) is 0 Å². The van der Waals surface area contributed by atoms with Crippen molar-refractivity contribution in [3.8, 4) is 0 Å². The van der Waals surface area contributed by atoms with Gasteiger partial charge in [-0.2, -0.15) is 13.2 Å². The molecule has 2 N–H and O–H groups in total. The Balaban J connectivity index is 3.41. The highest BCUT2D eigenvalue weighted by molar-refractivity contribution is 6.31. The standard InChI is InChI=1S/C8H6ClF5N2/c9-3-1-4(7(10)11)16-5(2-15)6(3)8(12,13)14/h1,7H,2,15H2. The predicted octanol–water partition coefficient (Wildman–Crippen LogP) is 3.15. The molecule has 0 radical (unpaired) electrons. The number of hydrogen-bond donors (Lipinski definition) is 1. The summed E-state index contributed by atoms with van der Waals surface area (Å²) >= 11 is 5.29. The molecule has 0 saturated heterocycles. The van der Waals surface area contributed by atoms with Gasteiger partial charge in [-0.25, -0.2) is 13.8 Å². The van der Waals surface area contributed by atoms with Crippen molar-refractivity contribution in [3.05, 3.63) is 28.0 Å². The molecule has 2 nitrogen and oxygen atoms in total. The van der Waals surface area contributed by atoms with E-state index >= 15 is 0 Å². The highest BCUT2D eigenvalue weighted by Gasteiger charge is 2.37. The summed E-state index contributed by atoms with van der Waals surface area (Å²) in [6.07, 6.45) is -7.76. The number of nitrogens with zero attached hydrogens (tertiary/aromatic N) is 1. The molecule has 0 unspecified atom stereocenters. The average Bonchev–Trinajstić information content (AvgIpc) is 2.14. The first-order valence-corrected chi connectivity index (χ1v) is 4.40. The summed E-state index contributed by atoms with van der Waals surface area (Å²) in [5.74, 6) is 0. The van der Waals surface area contributed by atoms with Crippen LogP contribution in [0.5, 0.6) is 0 Å². The third kappa shape index (κ3) is 2.59. The minimum atomic E-state index is -4.76. The Morgan fingerprint density at radius 1 is 1.38 bits per heavy atom. The molecular weight excluding hydrogens is 255 g/mol. The zero-order chi connectivity index (χ0) is 12.5. The van der Waals surface area contributed by atoms with Crippen LogP contribution in [0.25, 0.3) is 0 Å². The van der Waals surface area contributed by atoms with Crippen LogP contribution >= 0.6 is 11.6 Å². The Hall–Kier alpha value is -0.950. The molecule has 1 aromatic rings. The SMILES string of the molecule is NCc1nc(C(F)F)cc(Cl)c1C(F)(F)F. The Labute approximate surface area is 92.2 Å². The lowest BCUT2D eigenvalue weighted by Gasteiger charge is -2.14. The van der Waals surface area contributed by atoms with Crippen LogP contribution in [0.2, 0.25) is 5.02 Å². The normalized spacial score (nSPS) is 12.2. The molecule has 0 aliphatic carbocycles. The van der Waals surface area contributed by atoms with E-state index in [1.807, 2.05) is 0 Å². The Morgan fingerprint density at radius 3 is 2.31 bits per heavy atom. The van der Waals surface area contributed by atoms with E-state index in [2.05, 4.69) is 4.98 Å². The van der Waals surface area contributed by atoms with E-state index in [1.165, 1.54) is 0 Å². The summed E-state index contributed by atoms with van der Waals surface area (Å²) in [7, 11) is 0. The van der Waals surface area contributed by atoms with Gasteiger partial charge in [0.25, 0.3) is 6.43 Å². The number of hydrogen-bond acceptors (Lipinski definition) is 2. The van der Waals surface area contributed by atoms with Crippen LogP contribution in [0.1, 0.15) is 23.4 Å². The number of alkyl halides is 5. The van der Waals surface area contributed by atoms with E-state index in [1.54, 1.807) is 0 Å². The van der Waals surface area contributed by atoms with E-state index in [0.29, 0.717) is 6.07 Å². The Kier molecular flexibility index (Phi) is 3.69. The molecule has 0 aliphatic rings. The number of rotatable bonds is 2. The summed E-state index contributed by atoms with van der Waals surface area (Å²) < 4.78 is 61.9. The van der Waals surface area contributed by atoms with E-state index in [0.717, 1.165) is 0 Å². The van der Waals surface area contributed by atoms with Gasteiger partial charge < -0.3 is 5.73 Å². The molecule has 1 rings (SSSR count). The second kappa shape index (κ2) is 4.50. The molecule has 0 spiro atoms. The minimum Gasteiger partial charge on any atom is -0.325 e. The summed E-state index contributed by atoms with van der Waals surface area (Å²) in [6.45, 7) is -0.616. The smallest absolute Gasteiger partial charge is 0.325 e. The molecule has 0 atom stereocenters. The van der Waals surface area contributed by atoms with Crippen molar-refractivity contribution in [2.24, 2.45) is 5.73 Å². The molecule has 1 heterocycles. The average molecular weight is 261 g/mol. The molecule has 0 bridgehead atoms. The largest absolute Gasteiger partial charge is 0.419 e. The van der Waals surface area contributed by atoms with Crippen molar-refractivity contribution in [1.82, 2.24) is 4.98 Å². The molecule has 0 saturated carbocycles. The molecule has 0 aliphatic heterocycles. The number of halogens is 6. The highest BCUT2D eigenvalue weighted by atomic mass is 35.5. The Morgan fingerprint density at radius 2 is 1.94 bits per heavy atom. The number of pyridine rings is 1. The van der Waals surface area contributed by atoms with Crippen LogP contribution in [0.15, 0.2) is 6.07 Å². The fourth-order valence-electron chi connectivity index (χ4n) is 1.14. The van der Waals surface area contributed by atoms with Gasteiger partial charge in [-0.15, -0.1) is 0 Å². The molecular formula is C8H6ClF5N2. The molecule has 0 fully saturated rings. The molecule has 16 heavy (non-hydrogen) atoms. The highest BCUT2D eigenvalue weighted by Crippen LogP contribution is 2.37. The van der Waals surface area contributed by atoms with Gasteiger partial charge >= 0.3 is 6.18 Å². The first-order valence-electron chi connectivity index (χ1n) is 4.02. The van der Waals surface area contributed by atoms with Crippen molar-refractivity contribution >= 4 is 11.6 Å². The van der Waals surface area contributed by atoms with Gasteiger partial charge in [0.05, 0.1) is 16.3 Å².